The molecule has 18 heavy (non-hydrogen) atoms. The van der Waals surface area contributed by atoms with Crippen LogP contribution in [0.4, 0.5) is 0 Å². The van der Waals surface area contributed by atoms with Crippen molar-refractivity contribution in [3.63, 3.8) is 0 Å². The highest BCUT2D eigenvalue weighted by Gasteiger charge is 2.18. The number of aromatic carboxylic acids is 1. The van der Waals surface area contributed by atoms with Gasteiger partial charge in [-0.05, 0) is 12.5 Å². The van der Waals surface area contributed by atoms with Gasteiger partial charge in [0.25, 0.3) is 0 Å². The van der Waals surface area contributed by atoms with E-state index in [4.69, 9.17) is 0 Å². The first-order valence-electron chi connectivity index (χ1n) is 5.44. The van der Waals surface area contributed by atoms with Crippen LogP contribution in [0.1, 0.15) is 15.4 Å². The smallest absolute Gasteiger partial charge is 0.354 e. The minimum absolute atomic E-state index is 0.202. The van der Waals surface area contributed by atoms with Crippen molar-refractivity contribution in [3.05, 3.63) is 47.1 Å². The molecular formula is C13H10N2O2S. The van der Waals surface area contributed by atoms with Crippen molar-refractivity contribution in [2.45, 2.75) is 6.92 Å². The Labute approximate surface area is 107 Å². The lowest BCUT2D eigenvalue weighted by Gasteiger charge is -2.03. The Morgan fingerprint density at radius 2 is 2.06 bits per heavy atom. The minimum atomic E-state index is -0.961. The van der Waals surface area contributed by atoms with Crippen LogP contribution in [-0.2, 0) is 0 Å². The Balaban J connectivity index is 2.37. The third-order valence-electron chi connectivity index (χ3n) is 2.80. The fraction of sp³-hybridized carbons (Fsp3) is 0.0769. The summed E-state index contributed by atoms with van der Waals surface area (Å²) in [7, 11) is 0. The minimum Gasteiger partial charge on any atom is -0.477 e. The van der Waals surface area contributed by atoms with Gasteiger partial charge in [-0.25, -0.2) is 9.78 Å². The van der Waals surface area contributed by atoms with Gasteiger partial charge in [0, 0.05) is 4.88 Å². The Hall–Kier alpha value is -2.14. The molecule has 0 saturated heterocycles. The summed E-state index contributed by atoms with van der Waals surface area (Å²) in [5.41, 5.74) is 2.11. The van der Waals surface area contributed by atoms with E-state index in [1.165, 1.54) is 17.5 Å². The first-order chi connectivity index (χ1) is 8.68. The SMILES string of the molecule is Cc1sc2ncc(C(=O)O)n2c1-c1ccccc1. The number of aryl methyl sites for hydroxylation is 1. The van der Waals surface area contributed by atoms with Crippen molar-refractivity contribution >= 4 is 22.3 Å². The van der Waals surface area contributed by atoms with Gasteiger partial charge in [-0.1, -0.05) is 30.3 Å². The number of carboxylic acids is 1. The predicted octanol–water partition coefficient (Wildman–Crippen LogP) is 3.07. The molecule has 2 heterocycles. The molecule has 0 aliphatic heterocycles. The fourth-order valence-corrected chi connectivity index (χ4v) is 3.01. The van der Waals surface area contributed by atoms with Crippen LogP contribution in [0, 0.1) is 6.92 Å². The number of benzene rings is 1. The Bertz CT molecular complexity index is 728. The number of hydrogen-bond donors (Lipinski definition) is 1. The molecular weight excluding hydrogens is 248 g/mol. The highest BCUT2D eigenvalue weighted by atomic mass is 32.1. The lowest BCUT2D eigenvalue weighted by atomic mass is 10.1. The zero-order valence-electron chi connectivity index (χ0n) is 9.62. The molecule has 4 nitrogen and oxygen atoms in total. The largest absolute Gasteiger partial charge is 0.477 e. The summed E-state index contributed by atoms with van der Waals surface area (Å²) >= 11 is 1.50. The van der Waals surface area contributed by atoms with E-state index in [9.17, 15) is 9.90 Å². The number of thiazole rings is 1. The highest BCUT2D eigenvalue weighted by molar-refractivity contribution is 7.17. The van der Waals surface area contributed by atoms with Gasteiger partial charge in [0.05, 0.1) is 11.9 Å². The van der Waals surface area contributed by atoms with Crippen molar-refractivity contribution in [2.24, 2.45) is 0 Å². The van der Waals surface area contributed by atoms with Gasteiger partial charge in [0.1, 0.15) is 0 Å². The highest BCUT2D eigenvalue weighted by Crippen LogP contribution is 2.31. The molecule has 1 aromatic carbocycles. The molecule has 3 aromatic rings. The molecule has 3 rings (SSSR count). The van der Waals surface area contributed by atoms with E-state index in [1.807, 2.05) is 37.3 Å². The van der Waals surface area contributed by atoms with E-state index < -0.39 is 5.97 Å². The number of hydrogen-bond acceptors (Lipinski definition) is 3. The van der Waals surface area contributed by atoms with E-state index in [0.29, 0.717) is 4.96 Å². The second-order valence-corrected chi connectivity index (χ2v) is 5.12. The summed E-state index contributed by atoms with van der Waals surface area (Å²) in [6.07, 6.45) is 1.40. The Morgan fingerprint density at radius 1 is 1.33 bits per heavy atom. The van der Waals surface area contributed by atoms with Crippen LogP contribution >= 0.6 is 11.3 Å². The lowest BCUT2D eigenvalue weighted by molar-refractivity contribution is 0.0689. The molecule has 0 atom stereocenters. The first-order valence-corrected chi connectivity index (χ1v) is 6.25. The van der Waals surface area contributed by atoms with Crippen LogP contribution in [-0.4, -0.2) is 20.5 Å². The van der Waals surface area contributed by atoms with Crippen molar-refractivity contribution in [1.82, 2.24) is 9.38 Å². The molecule has 1 N–H and O–H groups in total. The first kappa shape index (κ1) is 11.0. The maximum absolute atomic E-state index is 11.2. The van der Waals surface area contributed by atoms with Gasteiger partial charge in [-0.2, -0.15) is 0 Å². The average Bonchev–Trinajstić information content (AvgIpc) is 2.87. The maximum Gasteiger partial charge on any atom is 0.354 e. The molecule has 0 radical (unpaired) electrons. The number of imidazole rings is 1. The van der Waals surface area contributed by atoms with Crippen LogP contribution in [0.25, 0.3) is 16.2 Å². The predicted molar refractivity (Wildman–Crippen MR) is 70.2 cm³/mol. The van der Waals surface area contributed by atoms with E-state index >= 15 is 0 Å². The van der Waals surface area contributed by atoms with Crippen molar-refractivity contribution in [2.75, 3.05) is 0 Å². The van der Waals surface area contributed by atoms with Crippen LogP contribution in [0.3, 0.4) is 0 Å². The van der Waals surface area contributed by atoms with Crippen molar-refractivity contribution in [3.8, 4) is 11.3 Å². The summed E-state index contributed by atoms with van der Waals surface area (Å²) in [5.74, 6) is -0.961. The molecule has 0 aliphatic carbocycles. The van der Waals surface area contributed by atoms with Crippen LogP contribution in [0.15, 0.2) is 36.5 Å². The second-order valence-electron chi connectivity index (χ2n) is 3.94. The van der Waals surface area contributed by atoms with Gasteiger partial charge in [0.15, 0.2) is 10.7 Å². The standard InChI is InChI=1S/C13H10N2O2S/c1-8-11(9-5-3-2-4-6-9)15-10(12(16)17)7-14-13(15)18-8/h2-7H,1H3,(H,16,17). The normalized spacial score (nSPS) is 10.9. The number of fused-ring (bicyclic) bond motifs is 1. The number of aromatic nitrogens is 2. The zero-order valence-corrected chi connectivity index (χ0v) is 10.4. The van der Waals surface area contributed by atoms with Gasteiger partial charge in [0.2, 0.25) is 0 Å². The van der Waals surface area contributed by atoms with Gasteiger partial charge in [-0.15, -0.1) is 11.3 Å². The number of carboxylic acid groups (broad SMARTS) is 1. The Morgan fingerprint density at radius 3 is 2.72 bits per heavy atom. The molecule has 0 spiro atoms. The van der Waals surface area contributed by atoms with Gasteiger partial charge >= 0.3 is 5.97 Å². The van der Waals surface area contributed by atoms with E-state index in [1.54, 1.807) is 4.40 Å². The zero-order chi connectivity index (χ0) is 12.7. The summed E-state index contributed by atoms with van der Waals surface area (Å²) in [5, 5.41) is 9.20. The molecule has 0 saturated carbocycles. The molecule has 2 aromatic heterocycles. The molecule has 0 bridgehead atoms. The molecule has 90 valence electrons. The third kappa shape index (κ3) is 1.52. The number of nitrogens with zero attached hydrogens (tertiary/aromatic N) is 2. The average molecular weight is 258 g/mol. The van der Waals surface area contributed by atoms with Crippen LogP contribution < -0.4 is 0 Å². The second kappa shape index (κ2) is 3.96. The fourth-order valence-electron chi connectivity index (χ4n) is 2.04. The van der Waals surface area contributed by atoms with E-state index in [2.05, 4.69) is 4.98 Å². The molecule has 0 unspecified atom stereocenters. The molecule has 0 aliphatic rings. The summed E-state index contributed by atoms with van der Waals surface area (Å²) in [6.45, 7) is 1.98. The molecule has 5 heteroatoms. The van der Waals surface area contributed by atoms with E-state index in [-0.39, 0.29) is 5.69 Å². The van der Waals surface area contributed by atoms with Gasteiger partial charge in [-0.3, -0.25) is 4.40 Å². The topological polar surface area (TPSA) is 54.6 Å². The summed E-state index contributed by atoms with van der Waals surface area (Å²) in [6, 6.07) is 9.76. The van der Waals surface area contributed by atoms with Crippen LogP contribution in [0.5, 0.6) is 0 Å². The number of rotatable bonds is 2. The van der Waals surface area contributed by atoms with Crippen LogP contribution in [0.2, 0.25) is 0 Å². The number of carbonyl (C=O) groups is 1. The Kier molecular flexibility index (Phi) is 2.41. The molecule has 0 fully saturated rings. The lowest BCUT2D eigenvalue weighted by Crippen LogP contribution is -2.02. The van der Waals surface area contributed by atoms with Crippen molar-refractivity contribution < 1.29 is 9.90 Å². The maximum atomic E-state index is 11.2. The van der Waals surface area contributed by atoms with E-state index in [0.717, 1.165) is 16.1 Å². The molecule has 0 amide bonds. The third-order valence-corrected chi connectivity index (χ3v) is 3.77. The monoisotopic (exact) mass is 258 g/mol. The van der Waals surface area contributed by atoms with Gasteiger partial charge < -0.3 is 5.11 Å². The summed E-state index contributed by atoms with van der Waals surface area (Å²) in [4.78, 5) is 17.1. The quantitative estimate of drug-likeness (QED) is 0.768. The van der Waals surface area contributed by atoms with Crippen molar-refractivity contribution in [1.29, 1.82) is 0 Å². The summed E-state index contributed by atoms with van der Waals surface area (Å²) < 4.78 is 1.71.